The van der Waals surface area contributed by atoms with Crippen LogP contribution in [-0.2, 0) is 10.3 Å². The molecule has 0 bridgehead atoms. The van der Waals surface area contributed by atoms with Crippen LogP contribution in [0.15, 0.2) is 146 Å². The predicted octanol–water partition coefficient (Wildman–Crippen LogP) is 10.4. The lowest BCUT2D eigenvalue weighted by Crippen LogP contribution is -2.45. The maximum absolute atomic E-state index is 10.5. The molecule has 4 aromatic heterocycles. The predicted molar refractivity (Wildman–Crippen MR) is 247 cm³/mol. The standard InChI is InChI=1S/C53H53N5O5/c1-36(2)62-46-18-6-38(7-19-46)42-12-23-52-55-32-50(58(52)34-42)41-10-16-45(17-11-41)60-28-26-56-27-29-61-48(35-56)30-37(3)63-47-20-8-39(9-21-47)43-13-22-51-54-31-49(57(51)33-43)40-4-14-44(15-5-40)53(59)24-25-53/h4-23,31-34,36-37,48,59H,24-30,35H2,1-3H3. The molecule has 0 radical (unpaired) electrons. The van der Waals surface area contributed by atoms with Crippen molar-refractivity contribution < 1.29 is 24.1 Å². The fraction of sp³-hybridized carbons (Fsp3) is 0.283. The Morgan fingerprint density at radius 2 is 1.14 bits per heavy atom. The lowest BCUT2D eigenvalue weighted by Gasteiger charge is -2.34. The van der Waals surface area contributed by atoms with Crippen molar-refractivity contribution in [1.82, 2.24) is 23.7 Å². The second-order valence-electron chi connectivity index (χ2n) is 17.2. The van der Waals surface area contributed by atoms with Crippen LogP contribution in [0.5, 0.6) is 17.2 Å². The average Bonchev–Trinajstić information content (AvgIpc) is 3.70. The van der Waals surface area contributed by atoms with Gasteiger partial charge in [-0.15, -0.1) is 0 Å². The molecule has 2 fully saturated rings. The molecular formula is C53H53N5O5. The number of morpholine rings is 1. The molecule has 1 saturated carbocycles. The van der Waals surface area contributed by atoms with Gasteiger partial charge in [-0.05, 0) is 134 Å². The normalized spacial score (nSPS) is 16.7. The van der Waals surface area contributed by atoms with Crippen molar-refractivity contribution in [3.05, 3.63) is 152 Å². The highest BCUT2D eigenvalue weighted by Crippen LogP contribution is 2.45. The first-order valence-electron chi connectivity index (χ1n) is 22.1. The first-order chi connectivity index (χ1) is 30.7. The third-order valence-electron chi connectivity index (χ3n) is 12.2. The number of hydrogen-bond acceptors (Lipinski definition) is 8. The number of hydrogen-bond donors (Lipinski definition) is 1. The molecule has 2 atom stereocenters. The summed E-state index contributed by atoms with van der Waals surface area (Å²) in [5.74, 6) is 2.55. The SMILES string of the molecule is CC(C)Oc1ccc(-c2ccc3ncc(-c4ccc(OCCN5CCOC(CC(C)Oc6ccc(-c7ccc8ncc(-c9ccc(C%10(O)CC%10)cc9)n8c7)cc6)C5)cc4)n3c2)cc1. The largest absolute Gasteiger partial charge is 0.492 e. The average molecular weight is 840 g/mol. The van der Waals surface area contributed by atoms with Crippen molar-refractivity contribution in [1.29, 1.82) is 0 Å². The maximum atomic E-state index is 10.5. The summed E-state index contributed by atoms with van der Waals surface area (Å²) in [5.41, 5.74) is 10.8. The van der Waals surface area contributed by atoms with E-state index < -0.39 is 5.60 Å². The fourth-order valence-electron chi connectivity index (χ4n) is 8.60. The van der Waals surface area contributed by atoms with Gasteiger partial charge in [0, 0.05) is 49.6 Å². The van der Waals surface area contributed by atoms with Gasteiger partial charge in [0.1, 0.15) is 35.1 Å². The Morgan fingerprint density at radius 1 is 0.635 bits per heavy atom. The second kappa shape index (κ2) is 17.4. The van der Waals surface area contributed by atoms with Crippen LogP contribution >= 0.6 is 0 Å². The van der Waals surface area contributed by atoms with Gasteiger partial charge in [-0.25, -0.2) is 9.97 Å². The van der Waals surface area contributed by atoms with Gasteiger partial charge in [0.2, 0.25) is 0 Å². The van der Waals surface area contributed by atoms with Crippen molar-refractivity contribution in [3.63, 3.8) is 0 Å². The number of fused-ring (bicyclic) bond motifs is 2. The fourth-order valence-corrected chi connectivity index (χ4v) is 8.60. The van der Waals surface area contributed by atoms with Gasteiger partial charge in [-0.2, -0.15) is 0 Å². The quantitative estimate of drug-likeness (QED) is 0.109. The number of aliphatic hydroxyl groups is 1. The number of benzene rings is 4. The van der Waals surface area contributed by atoms with Crippen molar-refractivity contribution >= 4 is 11.3 Å². The van der Waals surface area contributed by atoms with Crippen LogP contribution in [0.2, 0.25) is 0 Å². The van der Waals surface area contributed by atoms with E-state index in [0.29, 0.717) is 13.2 Å². The Balaban J connectivity index is 0.699. The van der Waals surface area contributed by atoms with E-state index in [0.717, 1.165) is 118 Å². The summed E-state index contributed by atoms with van der Waals surface area (Å²) in [6.45, 7) is 10.0. The number of pyridine rings is 2. The van der Waals surface area contributed by atoms with E-state index in [9.17, 15) is 5.11 Å². The Hall–Kier alpha value is -6.46. The van der Waals surface area contributed by atoms with Crippen molar-refractivity contribution in [3.8, 4) is 62.0 Å². The van der Waals surface area contributed by atoms with E-state index in [2.05, 4.69) is 116 Å². The van der Waals surface area contributed by atoms with E-state index in [1.54, 1.807) is 0 Å². The smallest absolute Gasteiger partial charge is 0.137 e. The molecule has 1 aliphatic carbocycles. The van der Waals surface area contributed by atoms with Gasteiger partial charge in [-0.3, -0.25) is 13.7 Å². The molecule has 4 aromatic carbocycles. The van der Waals surface area contributed by atoms with Crippen LogP contribution in [0.3, 0.4) is 0 Å². The van der Waals surface area contributed by atoms with Crippen LogP contribution in [0.25, 0.3) is 56.1 Å². The molecule has 8 aromatic rings. The zero-order chi connectivity index (χ0) is 42.9. The first kappa shape index (κ1) is 40.6. The number of ether oxygens (including phenoxy) is 4. The zero-order valence-corrected chi connectivity index (χ0v) is 36.1. The van der Waals surface area contributed by atoms with E-state index in [1.165, 1.54) is 0 Å². The van der Waals surface area contributed by atoms with Crippen molar-refractivity contribution in [2.45, 2.75) is 63.9 Å². The minimum absolute atomic E-state index is 0.0110. The number of imidazole rings is 2. The number of aromatic nitrogens is 4. The summed E-state index contributed by atoms with van der Waals surface area (Å²) < 4.78 is 28.9. The molecule has 0 amide bonds. The van der Waals surface area contributed by atoms with Crippen LogP contribution < -0.4 is 14.2 Å². The maximum Gasteiger partial charge on any atom is 0.137 e. The van der Waals surface area contributed by atoms with Crippen LogP contribution in [-0.4, -0.2) is 79.9 Å². The Labute approximate surface area is 368 Å². The minimum atomic E-state index is -0.637. The second-order valence-corrected chi connectivity index (χ2v) is 17.2. The van der Waals surface area contributed by atoms with Crippen molar-refractivity contribution in [2.75, 3.05) is 32.8 Å². The monoisotopic (exact) mass is 839 g/mol. The first-order valence-corrected chi connectivity index (χ1v) is 22.1. The Bertz CT molecular complexity index is 2810. The van der Waals surface area contributed by atoms with E-state index >= 15 is 0 Å². The summed E-state index contributed by atoms with van der Waals surface area (Å²) >= 11 is 0. The van der Waals surface area contributed by atoms with E-state index in [1.807, 2.05) is 74.8 Å². The molecule has 5 heterocycles. The highest BCUT2D eigenvalue weighted by atomic mass is 16.5. The van der Waals surface area contributed by atoms with Crippen LogP contribution in [0.1, 0.15) is 45.6 Å². The molecule has 320 valence electrons. The van der Waals surface area contributed by atoms with Gasteiger partial charge < -0.3 is 24.1 Å². The molecule has 10 heteroatoms. The van der Waals surface area contributed by atoms with E-state index in [4.69, 9.17) is 18.9 Å². The number of rotatable bonds is 15. The zero-order valence-electron chi connectivity index (χ0n) is 36.1. The lowest BCUT2D eigenvalue weighted by molar-refractivity contribution is -0.0471. The molecule has 1 N–H and O–H groups in total. The molecule has 0 spiro atoms. The highest BCUT2D eigenvalue weighted by molar-refractivity contribution is 5.71. The highest BCUT2D eigenvalue weighted by Gasteiger charge is 2.41. The molecular weight excluding hydrogens is 787 g/mol. The summed E-state index contributed by atoms with van der Waals surface area (Å²) in [5, 5.41) is 10.5. The molecule has 63 heavy (non-hydrogen) atoms. The van der Waals surface area contributed by atoms with Crippen molar-refractivity contribution in [2.24, 2.45) is 0 Å². The molecule has 1 saturated heterocycles. The summed E-state index contributed by atoms with van der Waals surface area (Å²) in [6.07, 6.45) is 10.8. The van der Waals surface area contributed by atoms with Gasteiger partial charge in [-0.1, -0.05) is 48.5 Å². The van der Waals surface area contributed by atoms with Crippen LogP contribution in [0.4, 0.5) is 0 Å². The van der Waals surface area contributed by atoms with Gasteiger partial charge in [0.05, 0.1) is 54.3 Å². The topological polar surface area (TPSA) is 95.0 Å². The minimum Gasteiger partial charge on any atom is -0.492 e. The van der Waals surface area contributed by atoms with Crippen LogP contribution in [0, 0.1) is 0 Å². The molecule has 10 nitrogen and oxygen atoms in total. The summed E-state index contributed by atoms with van der Waals surface area (Å²) in [7, 11) is 0. The lowest BCUT2D eigenvalue weighted by atomic mass is 10.0. The number of nitrogens with zero attached hydrogens (tertiary/aromatic N) is 5. The molecule has 1 aliphatic heterocycles. The van der Waals surface area contributed by atoms with Gasteiger partial charge in [0.15, 0.2) is 0 Å². The third kappa shape index (κ3) is 9.06. The third-order valence-corrected chi connectivity index (χ3v) is 12.2. The molecule has 10 rings (SSSR count). The summed E-state index contributed by atoms with van der Waals surface area (Å²) in [6, 6.07) is 41.4. The van der Waals surface area contributed by atoms with Gasteiger partial charge in [0.25, 0.3) is 0 Å². The molecule has 2 aliphatic rings. The molecule has 2 unspecified atom stereocenters. The Kier molecular flexibility index (Phi) is 11.2. The Morgan fingerprint density at radius 3 is 1.70 bits per heavy atom. The van der Waals surface area contributed by atoms with Gasteiger partial charge >= 0.3 is 0 Å². The summed E-state index contributed by atoms with van der Waals surface area (Å²) in [4.78, 5) is 11.7. The van der Waals surface area contributed by atoms with E-state index in [-0.39, 0.29) is 18.3 Å².